The average molecular weight is 633 g/mol. The van der Waals surface area contributed by atoms with Gasteiger partial charge in [-0.05, 0) is 42.9 Å². The molecule has 1 amide bonds. The molecule has 4 atom stereocenters. The summed E-state index contributed by atoms with van der Waals surface area (Å²) < 4.78 is 20.5. The van der Waals surface area contributed by atoms with Crippen molar-refractivity contribution in [3.63, 3.8) is 0 Å². The Morgan fingerprint density at radius 1 is 1.13 bits per heavy atom. The first-order valence-corrected chi connectivity index (χ1v) is 16.5. The van der Waals surface area contributed by atoms with Crippen molar-refractivity contribution in [1.82, 2.24) is 24.6 Å². The molecule has 2 aromatic carbocycles. The molecule has 0 spiro atoms. The molecule has 5 N–H and O–H groups in total. The van der Waals surface area contributed by atoms with Crippen molar-refractivity contribution in [2.45, 2.75) is 37.8 Å². The third kappa shape index (κ3) is 7.51. The number of nitrogens with two attached hydrogens (primary N) is 1. The first kappa shape index (κ1) is 30.7. The molecule has 6 rings (SSSR count). The molecule has 1 saturated carbocycles. The zero-order valence-corrected chi connectivity index (χ0v) is 25.8. The summed E-state index contributed by atoms with van der Waals surface area (Å²) in [5.74, 6) is 0.541. The molecule has 0 saturated heterocycles. The Balaban J connectivity index is 1.09. The Morgan fingerprint density at radius 3 is 2.58 bits per heavy atom. The lowest BCUT2D eigenvalue weighted by molar-refractivity contribution is -0.122. The molecule has 14 heteroatoms. The minimum atomic E-state index is -4.52. The number of carbonyl (C=O) groups is 1. The zero-order valence-electron chi connectivity index (χ0n) is 24.9. The van der Waals surface area contributed by atoms with Crippen LogP contribution in [0.2, 0.25) is 0 Å². The molecule has 45 heavy (non-hydrogen) atoms. The van der Waals surface area contributed by atoms with E-state index in [1.165, 1.54) is 25.0 Å². The monoisotopic (exact) mass is 632 g/mol. The van der Waals surface area contributed by atoms with Crippen LogP contribution in [0, 0.1) is 11.8 Å². The maximum atomic E-state index is 13.5. The number of aromatic nitrogens is 4. The molecule has 2 aliphatic carbocycles. The van der Waals surface area contributed by atoms with Crippen LogP contribution in [-0.4, -0.2) is 56.6 Å². The predicted molar refractivity (Wildman–Crippen MR) is 171 cm³/mol. The van der Waals surface area contributed by atoms with Crippen LogP contribution in [0.4, 0.5) is 17.5 Å². The highest BCUT2D eigenvalue weighted by molar-refractivity contribution is 7.51. The van der Waals surface area contributed by atoms with Crippen molar-refractivity contribution in [2.75, 3.05) is 36.4 Å². The quantitative estimate of drug-likeness (QED) is 0.0890. The van der Waals surface area contributed by atoms with Crippen LogP contribution in [0.5, 0.6) is 0 Å². The normalized spacial score (nSPS) is 19.7. The van der Waals surface area contributed by atoms with E-state index in [0.717, 1.165) is 12.1 Å². The number of allylic oxidation sites excluding steroid dienone is 1. The van der Waals surface area contributed by atoms with Gasteiger partial charge >= 0.3 is 7.75 Å². The number of nitrogen functional groups attached to an aromatic ring is 1. The number of amides is 1. The van der Waals surface area contributed by atoms with Crippen LogP contribution in [0.1, 0.15) is 30.9 Å². The van der Waals surface area contributed by atoms with Gasteiger partial charge in [0.1, 0.15) is 6.04 Å². The molecule has 13 nitrogen and oxygen atoms in total. The fourth-order valence-corrected chi connectivity index (χ4v) is 6.38. The van der Waals surface area contributed by atoms with Gasteiger partial charge in [-0.25, -0.2) is 14.6 Å². The minimum absolute atomic E-state index is 0.0744. The lowest BCUT2D eigenvalue weighted by Gasteiger charge is -2.31. The molecule has 1 unspecified atom stereocenters. The number of para-hydroxylation sites is 1. The first-order chi connectivity index (χ1) is 21.8. The molecule has 1 fully saturated rings. The topological polar surface area (TPSA) is 170 Å². The van der Waals surface area contributed by atoms with E-state index >= 15 is 0 Å². The lowest BCUT2D eigenvalue weighted by atomic mass is 10.0. The summed E-state index contributed by atoms with van der Waals surface area (Å²) in [6, 6.07) is 17.4. The minimum Gasteiger partial charge on any atom is -0.368 e. The number of nitrogens with zero attached hydrogens (tertiary/aromatic N) is 5. The highest BCUT2D eigenvalue weighted by atomic mass is 31.2. The van der Waals surface area contributed by atoms with Gasteiger partial charge in [0.2, 0.25) is 5.95 Å². The smallest absolute Gasteiger partial charge is 0.368 e. The number of imidazole rings is 1. The van der Waals surface area contributed by atoms with Gasteiger partial charge in [-0.15, -0.1) is 0 Å². The number of rotatable bonds is 14. The van der Waals surface area contributed by atoms with Gasteiger partial charge < -0.3 is 20.5 Å². The Labute approximate surface area is 261 Å². The van der Waals surface area contributed by atoms with Crippen LogP contribution in [-0.2, 0) is 25.1 Å². The maximum Gasteiger partial charge on any atom is 0.432 e. The Hall–Kier alpha value is -4.29. The summed E-state index contributed by atoms with van der Waals surface area (Å²) in [5, 5.41) is 7.01. The molecule has 236 valence electrons. The first-order valence-electron chi connectivity index (χ1n) is 14.9. The number of hydroxylamine groups is 1. The number of hydrogen-bond acceptors (Lipinski definition) is 10. The predicted octanol–water partition coefficient (Wildman–Crippen LogP) is 4.26. The van der Waals surface area contributed by atoms with Crippen molar-refractivity contribution in [3.8, 4) is 0 Å². The van der Waals surface area contributed by atoms with E-state index in [1.807, 2.05) is 65.3 Å². The standard InChI is InChI=1S/C31H37N8O5P/c1-43-39(24-10-6-3-7-11-24)26(17-21-8-4-2-5-9-21)30(40)37-45(41,42)44-19-23-14-15-25(16-23)38-20-34-27-28(33-18-22-12-13-22)35-31(32)36-29(27)38/h2-11,14-15,20,22-23,25-26H,12-13,16-19H2,1H3,(H3,32,33,35,36)(H2,37,40,41,42)/t23-,25+,26+/m1/s1. The van der Waals surface area contributed by atoms with Crippen LogP contribution >= 0.6 is 7.75 Å². The fraction of sp³-hybridized carbons (Fsp3) is 0.355. The summed E-state index contributed by atoms with van der Waals surface area (Å²) >= 11 is 0. The van der Waals surface area contributed by atoms with Crippen LogP contribution in [0.15, 0.2) is 79.1 Å². The number of nitrogens with one attached hydrogen (secondary N) is 2. The Kier molecular flexibility index (Phi) is 9.13. The second kappa shape index (κ2) is 13.4. The molecule has 4 aromatic rings. The molecule has 2 aliphatic rings. The molecule has 2 heterocycles. The third-order valence-electron chi connectivity index (χ3n) is 7.98. The van der Waals surface area contributed by atoms with Gasteiger partial charge in [-0.3, -0.25) is 19.2 Å². The van der Waals surface area contributed by atoms with Gasteiger partial charge in [0.05, 0.1) is 31.8 Å². The van der Waals surface area contributed by atoms with Crippen molar-refractivity contribution in [1.29, 1.82) is 0 Å². The second-order valence-corrected chi connectivity index (χ2v) is 12.9. The molecular weight excluding hydrogens is 595 g/mol. The Morgan fingerprint density at radius 2 is 1.87 bits per heavy atom. The van der Waals surface area contributed by atoms with E-state index in [9.17, 15) is 14.3 Å². The van der Waals surface area contributed by atoms with Gasteiger partial charge in [-0.1, -0.05) is 60.7 Å². The van der Waals surface area contributed by atoms with E-state index in [0.29, 0.717) is 35.0 Å². The van der Waals surface area contributed by atoms with Crippen molar-refractivity contribution in [3.05, 3.63) is 84.7 Å². The second-order valence-electron chi connectivity index (χ2n) is 11.4. The summed E-state index contributed by atoms with van der Waals surface area (Å²) in [4.78, 5) is 43.1. The van der Waals surface area contributed by atoms with Crippen molar-refractivity contribution >= 4 is 42.3 Å². The highest BCUT2D eigenvalue weighted by Crippen LogP contribution is 2.40. The maximum absolute atomic E-state index is 13.5. The molecule has 0 bridgehead atoms. The summed E-state index contributed by atoms with van der Waals surface area (Å²) in [6.45, 7) is 0.747. The average Bonchev–Trinajstić information content (AvgIpc) is 3.58. The van der Waals surface area contributed by atoms with Crippen LogP contribution < -0.4 is 21.2 Å². The zero-order chi connectivity index (χ0) is 31.4. The van der Waals surface area contributed by atoms with Crippen molar-refractivity contribution in [2.24, 2.45) is 11.8 Å². The van der Waals surface area contributed by atoms with Crippen LogP contribution in [0.3, 0.4) is 0 Å². The van der Waals surface area contributed by atoms with Gasteiger partial charge in [0.25, 0.3) is 5.91 Å². The van der Waals surface area contributed by atoms with E-state index in [2.05, 4.69) is 25.4 Å². The van der Waals surface area contributed by atoms with Crippen molar-refractivity contribution < 1.29 is 23.6 Å². The lowest BCUT2D eigenvalue weighted by Crippen LogP contribution is -2.47. The van der Waals surface area contributed by atoms with E-state index in [-0.39, 0.29) is 30.9 Å². The van der Waals surface area contributed by atoms with E-state index in [1.54, 1.807) is 18.5 Å². The molecule has 2 aromatic heterocycles. The summed E-state index contributed by atoms with van der Waals surface area (Å²) in [7, 11) is -3.07. The van der Waals surface area contributed by atoms with Crippen LogP contribution in [0.25, 0.3) is 11.2 Å². The van der Waals surface area contributed by atoms with E-state index in [4.69, 9.17) is 15.1 Å². The Bertz CT molecular complexity index is 1700. The highest BCUT2D eigenvalue weighted by Gasteiger charge is 2.34. The number of benzene rings is 2. The summed E-state index contributed by atoms with van der Waals surface area (Å²) in [5.41, 5.74) is 8.75. The molecule has 0 aliphatic heterocycles. The van der Waals surface area contributed by atoms with Gasteiger partial charge in [-0.2, -0.15) is 9.97 Å². The number of carbonyl (C=O) groups excluding carboxylic acids is 1. The summed E-state index contributed by atoms with van der Waals surface area (Å²) in [6.07, 6.45) is 8.84. The SMILES string of the molecule is CON(c1ccccc1)[C@@H](Cc1ccccc1)C(=O)NP(=O)(O)OC[C@@H]1C=C[C@H](n2cnc3c(NCC4CC4)nc(N)nc32)C1. The molecule has 0 radical (unpaired) electrons. The molecular formula is C31H37N8O5P. The van der Waals surface area contributed by atoms with Gasteiger partial charge in [0, 0.05) is 18.9 Å². The third-order valence-corrected chi connectivity index (χ3v) is 8.98. The number of hydrogen-bond donors (Lipinski definition) is 4. The number of fused-ring (bicyclic) bond motifs is 1. The van der Waals surface area contributed by atoms with E-state index < -0.39 is 19.7 Å². The fourth-order valence-electron chi connectivity index (χ4n) is 5.49. The van der Waals surface area contributed by atoms with Gasteiger partial charge in [0.15, 0.2) is 17.0 Å². The number of anilines is 3. The largest absolute Gasteiger partial charge is 0.432 e.